The number of rotatable bonds is 2. The summed E-state index contributed by atoms with van der Waals surface area (Å²) in [6.45, 7) is 0. The maximum Gasteiger partial charge on any atom is 0.156 e. The molecule has 0 amide bonds. The van der Waals surface area contributed by atoms with Gasteiger partial charge in [0.1, 0.15) is 17.3 Å². The van der Waals surface area contributed by atoms with Gasteiger partial charge >= 0.3 is 0 Å². The van der Waals surface area contributed by atoms with E-state index < -0.39 is 0 Å². The van der Waals surface area contributed by atoms with Crippen LogP contribution in [0.3, 0.4) is 0 Å². The number of nitrogens with two attached hydrogens (primary N) is 1. The first kappa shape index (κ1) is 9.71. The second-order valence-corrected chi connectivity index (χ2v) is 3.67. The summed E-state index contributed by atoms with van der Waals surface area (Å²) in [4.78, 5) is 7.62. The van der Waals surface area contributed by atoms with Crippen LogP contribution >= 0.6 is 0 Å². The summed E-state index contributed by atoms with van der Waals surface area (Å²) < 4.78 is 5.15. The number of benzene rings is 1. The molecule has 3 rings (SSSR count). The predicted molar refractivity (Wildman–Crippen MR) is 64.6 cm³/mol. The van der Waals surface area contributed by atoms with Gasteiger partial charge in [-0.15, -0.1) is 0 Å². The van der Waals surface area contributed by atoms with Gasteiger partial charge in [-0.2, -0.15) is 5.10 Å². The number of ether oxygens (including phenoxy) is 1. The number of nitrogens with one attached hydrogen (secondary N) is 2. The fraction of sp³-hybridized carbons (Fsp3) is 0.0909. The molecule has 2 aromatic heterocycles. The van der Waals surface area contributed by atoms with E-state index in [1.54, 1.807) is 13.2 Å². The van der Waals surface area contributed by atoms with Crippen LogP contribution < -0.4 is 10.5 Å². The SMILES string of the molecule is COc1ccc2nc(-c3cc(N)n[nH]3)[nH]c2c1. The van der Waals surface area contributed by atoms with Crippen LogP contribution in [0.25, 0.3) is 22.6 Å². The van der Waals surface area contributed by atoms with Crippen molar-refractivity contribution in [2.24, 2.45) is 0 Å². The van der Waals surface area contributed by atoms with Crippen LogP contribution in [0.4, 0.5) is 5.82 Å². The minimum atomic E-state index is 0.443. The summed E-state index contributed by atoms with van der Waals surface area (Å²) in [6, 6.07) is 7.39. The standard InChI is InChI=1S/C11H11N5O/c1-17-6-2-3-7-8(4-6)14-11(13-7)9-5-10(12)16-15-9/h2-5H,1H3,(H,13,14)(H3,12,15,16). The summed E-state index contributed by atoms with van der Waals surface area (Å²) in [5.74, 6) is 1.94. The molecule has 0 aliphatic carbocycles. The number of nitrogens with zero attached hydrogens (tertiary/aromatic N) is 2. The zero-order valence-electron chi connectivity index (χ0n) is 9.19. The normalized spacial score (nSPS) is 10.9. The number of nitrogen functional groups attached to an aromatic ring is 1. The zero-order chi connectivity index (χ0) is 11.8. The van der Waals surface area contributed by atoms with E-state index in [2.05, 4.69) is 20.2 Å². The number of fused-ring (bicyclic) bond motifs is 1. The molecule has 86 valence electrons. The van der Waals surface area contributed by atoms with Crippen LogP contribution in [0, 0.1) is 0 Å². The number of hydrogen-bond donors (Lipinski definition) is 3. The van der Waals surface area contributed by atoms with Crippen LogP contribution in [0.5, 0.6) is 5.75 Å². The average molecular weight is 229 g/mol. The molecule has 0 unspecified atom stereocenters. The third-order valence-electron chi connectivity index (χ3n) is 2.54. The first-order valence-corrected chi connectivity index (χ1v) is 5.11. The van der Waals surface area contributed by atoms with E-state index in [0.717, 1.165) is 22.5 Å². The van der Waals surface area contributed by atoms with Crippen molar-refractivity contribution in [3.63, 3.8) is 0 Å². The molecular weight excluding hydrogens is 218 g/mol. The highest BCUT2D eigenvalue weighted by molar-refractivity contribution is 5.80. The number of hydrogen-bond acceptors (Lipinski definition) is 4. The molecule has 0 spiro atoms. The van der Waals surface area contributed by atoms with Crippen molar-refractivity contribution in [2.45, 2.75) is 0 Å². The monoisotopic (exact) mass is 229 g/mol. The lowest BCUT2D eigenvalue weighted by atomic mass is 10.3. The second kappa shape index (κ2) is 3.51. The second-order valence-electron chi connectivity index (χ2n) is 3.67. The Bertz CT molecular complexity index is 669. The highest BCUT2D eigenvalue weighted by atomic mass is 16.5. The lowest BCUT2D eigenvalue weighted by Gasteiger charge is -1.96. The molecule has 2 heterocycles. The van der Waals surface area contributed by atoms with E-state index in [4.69, 9.17) is 10.5 Å². The van der Waals surface area contributed by atoms with Crippen molar-refractivity contribution in [1.82, 2.24) is 20.2 Å². The van der Waals surface area contributed by atoms with Crippen LogP contribution in [0.1, 0.15) is 0 Å². The van der Waals surface area contributed by atoms with Crippen LogP contribution in [-0.4, -0.2) is 27.3 Å². The molecule has 0 atom stereocenters. The van der Waals surface area contributed by atoms with Crippen molar-refractivity contribution < 1.29 is 4.74 Å². The van der Waals surface area contributed by atoms with Gasteiger partial charge in [-0.3, -0.25) is 5.10 Å². The third-order valence-corrected chi connectivity index (χ3v) is 2.54. The molecule has 4 N–H and O–H groups in total. The van der Waals surface area contributed by atoms with E-state index in [1.165, 1.54) is 0 Å². The minimum absolute atomic E-state index is 0.443. The Kier molecular flexibility index (Phi) is 2.01. The third kappa shape index (κ3) is 1.59. The topological polar surface area (TPSA) is 92.6 Å². The predicted octanol–water partition coefficient (Wildman–Crippen LogP) is 1.54. The molecule has 6 heteroatoms. The van der Waals surface area contributed by atoms with E-state index in [-0.39, 0.29) is 0 Å². The van der Waals surface area contributed by atoms with Gasteiger partial charge in [0.25, 0.3) is 0 Å². The van der Waals surface area contributed by atoms with Crippen molar-refractivity contribution in [2.75, 3.05) is 12.8 Å². The van der Waals surface area contributed by atoms with Gasteiger partial charge in [-0.25, -0.2) is 4.98 Å². The van der Waals surface area contributed by atoms with E-state index in [0.29, 0.717) is 11.6 Å². The largest absolute Gasteiger partial charge is 0.497 e. The Labute approximate surface area is 96.8 Å². The number of aromatic nitrogens is 4. The van der Waals surface area contributed by atoms with Gasteiger partial charge in [0.15, 0.2) is 5.82 Å². The van der Waals surface area contributed by atoms with Crippen molar-refractivity contribution in [1.29, 1.82) is 0 Å². The summed E-state index contributed by atoms with van der Waals surface area (Å²) in [7, 11) is 1.63. The van der Waals surface area contributed by atoms with E-state index in [1.807, 2.05) is 18.2 Å². The van der Waals surface area contributed by atoms with Crippen molar-refractivity contribution in [3.8, 4) is 17.3 Å². The summed E-state index contributed by atoms with van der Waals surface area (Å²) >= 11 is 0. The van der Waals surface area contributed by atoms with E-state index >= 15 is 0 Å². The maximum atomic E-state index is 5.55. The lowest BCUT2D eigenvalue weighted by molar-refractivity contribution is 0.415. The van der Waals surface area contributed by atoms with E-state index in [9.17, 15) is 0 Å². The van der Waals surface area contributed by atoms with Crippen molar-refractivity contribution >= 4 is 16.9 Å². The van der Waals surface area contributed by atoms with Crippen LogP contribution in [0.2, 0.25) is 0 Å². The van der Waals surface area contributed by atoms with Gasteiger partial charge in [0.2, 0.25) is 0 Å². The number of H-pyrrole nitrogens is 2. The Morgan fingerprint density at radius 1 is 1.29 bits per heavy atom. The van der Waals surface area contributed by atoms with Gasteiger partial charge in [-0.1, -0.05) is 0 Å². The molecule has 0 saturated heterocycles. The molecule has 3 aromatic rings. The fourth-order valence-corrected chi connectivity index (χ4v) is 1.70. The highest BCUT2D eigenvalue weighted by Crippen LogP contribution is 2.23. The number of anilines is 1. The van der Waals surface area contributed by atoms with Crippen LogP contribution in [-0.2, 0) is 0 Å². The summed E-state index contributed by atoms with van der Waals surface area (Å²) in [5, 5.41) is 6.68. The highest BCUT2D eigenvalue weighted by Gasteiger charge is 2.08. The Morgan fingerprint density at radius 2 is 2.18 bits per heavy atom. The number of imidazole rings is 1. The quantitative estimate of drug-likeness (QED) is 0.621. The van der Waals surface area contributed by atoms with Gasteiger partial charge < -0.3 is 15.5 Å². The lowest BCUT2D eigenvalue weighted by Crippen LogP contribution is -1.81. The molecule has 0 aliphatic heterocycles. The molecule has 6 nitrogen and oxygen atoms in total. The Morgan fingerprint density at radius 3 is 2.88 bits per heavy atom. The maximum absolute atomic E-state index is 5.55. The first-order chi connectivity index (χ1) is 8.26. The molecule has 17 heavy (non-hydrogen) atoms. The fourth-order valence-electron chi connectivity index (χ4n) is 1.70. The van der Waals surface area contributed by atoms with Gasteiger partial charge in [0.05, 0.1) is 18.1 Å². The molecule has 0 bridgehead atoms. The number of methoxy groups -OCH3 is 1. The average Bonchev–Trinajstić information content (AvgIpc) is 2.93. The Balaban J connectivity index is 2.13. The van der Waals surface area contributed by atoms with Gasteiger partial charge in [-0.05, 0) is 12.1 Å². The van der Waals surface area contributed by atoms with Crippen molar-refractivity contribution in [3.05, 3.63) is 24.3 Å². The summed E-state index contributed by atoms with van der Waals surface area (Å²) in [6.07, 6.45) is 0. The minimum Gasteiger partial charge on any atom is -0.497 e. The number of aromatic amines is 2. The first-order valence-electron chi connectivity index (χ1n) is 5.11. The zero-order valence-corrected chi connectivity index (χ0v) is 9.19. The smallest absolute Gasteiger partial charge is 0.156 e. The molecule has 0 saturated carbocycles. The molecular formula is C11H11N5O. The summed E-state index contributed by atoms with van der Waals surface area (Å²) in [5.41, 5.74) is 8.09. The van der Waals surface area contributed by atoms with Gasteiger partial charge in [0, 0.05) is 12.1 Å². The molecule has 0 radical (unpaired) electrons. The molecule has 1 aromatic carbocycles. The van der Waals surface area contributed by atoms with Crippen LogP contribution in [0.15, 0.2) is 24.3 Å². The Hall–Kier alpha value is -2.50. The molecule has 0 fully saturated rings. The molecule has 0 aliphatic rings.